The predicted octanol–water partition coefficient (Wildman–Crippen LogP) is 2.35. The zero-order valence-corrected chi connectivity index (χ0v) is 12.9. The number of carboxylic acids is 1. The van der Waals surface area contributed by atoms with Crippen LogP contribution in [0.1, 0.15) is 30.3 Å². The van der Waals surface area contributed by atoms with Crippen molar-refractivity contribution in [3.63, 3.8) is 0 Å². The first-order valence-electron chi connectivity index (χ1n) is 7.39. The van der Waals surface area contributed by atoms with E-state index in [-0.39, 0.29) is 11.6 Å². The number of aromatic nitrogens is 1. The molecule has 9 heteroatoms. The number of alkyl halides is 3. The van der Waals surface area contributed by atoms with Crippen molar-refractivity contribution in [2.75, 3.05) is 13.2 Å². The number of likely N-dealkylation sites (tertiary alicyclic amines) is 1. The number of carboxylic acid groups (broad SMARTS) is 1. The van der Waals surface area contributed by atoms with Gasteiger partial charge < -0.3 is 14.7 Å². The molecular weight excluding hydrogens is 329 g/mol. The Labute approximate surface area is 136 Å². The van der Waals surface area contributed by atoms with Crippen molar-refractivity contribution in [1.29, 1.82) is 0 Å². The van der Waals surface area contributed by atoms with E-state index in [4.69, 9.17) is 0 Å². The molecule has 24 heavy (non-hydrogen) atoms. The molecule has 1 aliphatic rings. The number of aliphatic carboxylic acids is 1. The standard InChI is InChI=1S/C15H17F3N2O4/c1-9-10(14(22)23)4-3-7-20(9)13(21)11-5-2-6-12(19-11)24-8-15(16,17)18/h2,5-6,9-10H,3-4,7-8H2,1H3,(H,22,23)/t9-,10-/m1/s1. The van der Waals surface area contributed by atoms with E-state index in [1.807, 2.05) is 0 Å². The van der Waals surface area contributed by atoms with E-state index < -0.39 is 36.6 Å². The van der Waals surface area contributed by atoms with Crippen LogP contribution in [-0.2, 0) is 4.79 Å². The molecule has 0 unspecified atom stereocenters. The number of nitrogens with zero attached hydrogens (tertiary/aromatic N) is 2. The number of rotatable bonds is 4. The van der Waals surface area contributed by atoms with E-state index in [9.17, 15) is 27.9 Å². The van der Waals surface area contributed by atoms with Crippen LogP contribution in [0.5, 0.6) is 5.88 Å². The molecule has 1 aromatic heterocycles. The molecule has 0 saturated carbocycles. The van der Waals surface area contributed by atoms with Crippen molar-refractivity contribution in [3.8, 4) is 5.88 Å². The lowest BCUT2D eigenvalue weighted by molar-refractivity contribution is -0.154. The fourth-order valence-electron chi connectivity index (χ4n) is 2.68. The van der Waals surface area contributed by atoms with E-state index in [0.717, 1.165) is 0 Å². The van der Waals surface area contributed by atoms with Crippen molar-refractivity contribution in [3.05, 3.63) is 23.9 Å². The van der Waals surface area contributed by atoms with Crippen LogP contribution < -0.4 is 4.74 Å². The van der Waals surface area contributed by atoms with E-state index >= 15 is 0 Å². The van der Waals surface area contributed by atoms with Gasteiger partial charge in [-0.2, -0.15) is 13.2 Å². The molecule has 1 amide bonds. The second kappa shape index (κ2) is 7.06. The number of halogens is 3. The molecular formula is C15H17F3N2O4. The highest BCUT2D eigenvalue weighted by Gasteiger charge is 2.36. The van der Waals surface area contributed by atoms with Crippen molar-refractivity contribution >= 4 is 11.9 Å². The Morgan fingerprint density at radius 1 is 1.42 bits per heavy atom. The minimum absolute atomic E-state index is 0.0763. The number of ether oxygens (including phenoxy) is 1. The predicted molar refractivity (Wildman–Crippen MR) is 76.6 cm³/mol. The fraction of sp³-hybridized carbons (Fsp3) is 0.533. The third-order valence-electron chi connectivity index (χ3n) is 3.89. The Bertz CT molecular complexity index is 621. The van der Waals surface area contributed by atoms with E-state index in [1.54, 1.807) is 6.92 Å². The van der Waals surface area contributed by atoms with Crippen LogP contribution in [0.15, 0.2) is 18.2 Å². The Kier molecular flexibility index (Phi) is 5.30. The van der Waals surface area contributed by atoms with Gasteiger partial charge in [0.15, 0.2) is 6.61 Å². The van der Waals surface area contributed by atoms with Crippen LogP contribution in [0.2, 0.25) is 0 Å². The molecule has 0 aliphatic carbocycles. The third-order valence-corrected chi connectivity index (χ3v) is 3.89. The lowest BCUT2D eigenvalue weighted by atomic mass is 9.90. The Hall–Kier alpha value is -2.32. The average Bonchev–Trinajstić information content (AvgIpc) is 2.52. The van der Waals surface area contributed by atoms with Crippen LogP contribution in [-0.4, -0.2) is 52.2 Å². The summed E-state index contributed by atoms with van der Waals surface area (Å²) in [5.74, 6) is -2.48. The first-order chi connectivity index (χ1) is 11.2. The Morgan fingerprint density at radius 2 is 2.12 bits per heavy atom. The summed E-state index contributed by atoms with van der Waals surface area (Å²) in [4.78, 5) is 28.9. The van der Waals surface area contributed by atoms with Crippen molar-refractivity contribution < 1.29 is 32.6 Å². The maximum atomic E-state index is 12.5. The summed E-state index contributed by atoms with van der Waals surface area (Å²) in [7, 11) is 0. The van der Waals surface area contributed by atoms with E-state index in [0.29, 0.717) is 19.4 Å². The zero-order valence-electron chi connectivity index (χ0n) is 12.9. The van der Waals surface area contributed by atoms with Gasteiger partial charge in [0.1, 0.15) is 5.69 Å². The van der Waals surface area contributed by atoms with Crippen LogP contribution in [0.25, 0.3) is 0 Å². The van der Waals surface area contributed by atoms with Gasteiger partial charge in [-0.05, 0) is 25.8 Å². The highest BCUT2D eigenvalue weighted by atomic mass is 19.4. The summed E-state index contributed by atoms with van der Waals surface area (Å²) in [6.07, 6.45) is -3.49. The first kappa shape index (κ1) is 18.0. The minimum Gasteiger partial charge on any atom is -0.481 e. The molecule has 1 aliphatic heterocycles. The maximum Gasteiger partial charge on any atom is 0.422 e. The molecule has 2 heterocycles. The fourth-order valence-corrected chi connectivity index (χ4v) is 2.68. The van der Waals surface area contributed by atoms with Gasteiger partial charge in [0.2, 0.25) is 5.88 Å². The smallest absolute Gasteiger partial charge is 0.422 e. The third kappa shape index (κ3) is 4.36. The normalized spacial score (nSPS) is 21.4. The molecule has 1 aromatic rings. The molecule has 0 bridgehead atoms. The number of piperidine rings is 1. The summed E-state index contributed by atoms with van der Waals surface area (Å²) in [5, 5.41) is 9.19. The lowest BCUT2D eigenvalue weighted by Crippen LogP contribution is -2.49. The molecule has 1 N–H and O–H groups in total. The molecule has 2 rings (SSSR count). The van der Waals surface area contributed by atoms with Crippen molar-refractivity contribution in [1.82, 2.24) is 9.88 Å². The van der Waals surface area contributed by atoms with Crippen LogP contribution >= 0.6 is 0 Å². The van der Waals surface area contributed by atoms with Gasteiger partial charge in [-0.25, -0.2) is 4.98 Å². The molecule has 2 atom stereocenters. The Balaban J connectivity index is 2.13. The molecule has 0 radical (unpaired) electrons. The first-order valence-corrected chi connectivity index (χ1v) is 7.39. The summed E-state index contributed by atoms with van der Waals surface area (Å²) >= 11 is 0. The van der Waals surface area contributed by atoms with Gasteiger partial charge >= 0.3 is 12.1 Å². The van der Waals surface area contributed by atoms with Gasteiger partial charge in [0, 0.05) is 18.7 Å². The minimum atomic E-state index is -4.50. The molecule has 1 saturated heterocycles. The maximum absolute atomic E-state index is 12.5. The molecule has 0 aromatic carbocycles. The van der Waals surface area contributed by atoms with Gasteiger partial charge in [-0.1, -0.05) is 6.07 Å². The Morgan fingerprint density at radius 3 is 2.75 bits per heavy atom. The highest BCUT2D eigenvalue weighted by Crippen LogP contribution is 2.25. The highest BCUT2D eigenvalue weighted by molar-refractivity contribution is 5.93. The number of hydrogen-bond acceptors (Lipinski definition) is 4. The van der Waals surface area contributed by atoms with E-state index in [2.05, 4.69) is 9.72 Å². The van der Waals surface area contributed by atoms with Gasteiger partial charge in [-0.15, -0.1) is 0 Å². The van der Waals surface area contributed by atoms with Gasteiger partial charge in [0.05, 0.1) is 5.92 Å². The summed E-state index contributed by atoms with van der Waals surface area (Å²) < 4.78 is 41.1. The molecule has 0 spiro atoms. The van der Waals surface area contributed by atoms with Crippen LogP contribution in [0, 0.1) is 5.92 Å². The number of hydrogen-bond donors (Lipinski definition) is 1. The zero-order chi connectivity index (χ0) is 17.9. The van der Waals surface area contributed by atoms with Crippen LogP contribution in [0.4, 0.5) is 13.2 Å². The van der Waals surface area contributed by atoms with Gasteiger partial charge in [-0.3, -0.25) is 9.59 Å². The molecule has 132 valence electrons. The number of carbonyl (C=O) groups excluding carboxylic acids is 1. The van der Waals surface area contributed by atoms with Gasteiger partial charge in [0.25, 0.3) is 5.91 Å². The number of carbonyl (C=O) groups is 2. The summed E-state index contributed by atoms with van der Waals surface area (Å²) in [6, 6.07) is 3.43. The molecule has 1 fully saturated rings. The van der Waals surface area contributed by atoms with E-state index in [1.165, 1.54) is 23.1 Å². The SMILES string of the molecule is C[C@@H]1[C@H](C(=O)O)CCCN1C(=O)c1cccc(OCC(F)(F)F)n1. The second-order valence-electron chi connectivity index (χ2n) is 5.59. The summed E-state index contributed by atoms with van der Waals surface area (Å²) in [5.41, 5.74) is -0.0763. The largest absolute Gasteiger partial charge is 0.481 e. The molecule has 6 nitrogen and oxygen atoms in total. The summed E-state index contributed by atoms with van der Waals surface area (Å²) in [6.45, 7) is 0.512. The lowest BCUT2D eigenvalue weighted by Gasteiger charge is -2.37. The average molecular weight is 346 g/mol. The van der Waals surface area contributed by atoms with Crippen molar-refractivity contribution in [2.45, 2.75) is 32.0 Å². The van der Waals surface area contributed by atoms with Crippen LogP contribution in [0.3, 0.4) is 0 Å². The topological polar surface area (TPSA) is 79.7 Å². The quantitative estimate of drug-likeness (QED) is 0.905. The van der Waals surface area contributed by atoms with Crippen molar-refractivity contribution in [2.24, 2.45) is 5.92 Å². The number of pyridine rings is 1. The monoisotopic (exact) mass is 346 g/mol. The number of amides is 1. The second-order valence-corrected chi connectivity index (χ2v) is 5.59.